The maximum atomic E-state index is 11.6. The van der Waals surface area contributed by atoms with Crippen LogP contribution in [0, 0.1) is 0 Å². The molecule has 1 rings (SSSR count). The predicted molar refractivity (Wildman–Crippen MR) is 82.5 cm³/mol. The lowest BCUT2D eigenvalue weighted by molar-refractivity contribution is -0.139. The Labute approximate surface area is 134 Å². The fourth-order valence-electron chi connectivity index (χ4n) is 1.66. The van der Waals surface area contributed by atoms with Crippen LogP contribution in [0.5, 0.6) is 17.2 Å². The van der Waals surface area contributed by atoms with Gasteiger partial charge in [0, 0.05) is 0 Å². The van der Waals surface area contributed by atoms with Gasteiger partial charge in [0.2, 0.25) is 5.75 Å². The second-order valence-electron chi connectivity index (χ2n) is 3.79. The Balaban J connectivity index is 3.22. The first-order valence-corrected chi connectivity index (χ1v) is 7.49. The van der Waals surface area contributed by atoms with E-state index in [1.54, 1.807) is 12.1 Å². The van der Waals surface area contributed by atoms with Crippen molar-refractivity contribution < 1.29 is 23.7 Å². The number of carbonyl (C=O) groups excluding carboxylic acids is 1. The van der Waals surface area contributed by atoms with Crippen LogP contribution in [0.3, 0.4) is 0 Å². The number of carbonyl (C=O) groups is 1. The van der Waals surface area contributed by atoms with Crippen LogP contribution in [0.25, 0.3) is 0 Å². The molecule has 0 radical (unpaired) electrons. The molecule has 0 amide bonds. The first kappa shape index (κ1) is 17.1. The van der Waals surface area contributed by atoms with Gasteiger partial charge in [-0.3, -0.25) is 4.79 Å². The van der Waals surface area contributed by atoms with Crippen molar-refractivity contribution in [3.63, 3.8) is 0 Å². The second kappa shape index (κ2) is 7.73. The number of benzene rings is 1. The average Bonchev–Trinajstić information content (AvgIpc) is 2.50. The van der Waals surface area contributed by atoms with Gasteiger partial charge in [-0.15, -0.1) is 0 Å². The predicted octanol–water partition coefficient (Wildman–Crippen LogP) is 3.08. The Kier molecular flexibility index (Phi) is 6.61. The molecule has 0 bridgehead atoms. The molecule has 0 saturated heterocycles. The number of ether oxygens (including phenoxy) is 4. The number of rotatable bonds is 6. The lowest BCUT2D eigenvalue weighted by atomic mass is 10.1. The molecule has 0 N–H and O–H groups in total. The molecule has 0 saturated carbocycles. The third-order valence-corrected chi connectivity index (χ3v) is 5.36. The number of halogens is 2. The van der Waals surface area contributed by atoms with Gasteiger partial charge in [0.05, 0.1) is 33.3 Å². The lowest BCUT2D eigenvalue weighted by Crippen LogP contribution is -2.20. The highest BCUT2D eigenvalue weighted by atomic mass is 79.9. The molecule has 0 spiro atoms. The minimum absolute atomic E-state index is 0.302. The highest BCUT2D eigenvalue weighted by molar-refractivity contribution is 9.12. The van der Waals surface area contributed by atoms with E-state index in [2.05, 4.69) is 31.9 Å². The van der Waals surface area contributed by atoms with Gasteiger partial charge in [-0.1, -0.05) is 31.9 Å². The topological polar surface area (TPSA) is 54.0 Å². The fourth-order valence-corrected chi connectivity index (χ4v) is 2.63. The van der Waals surface area contributed by atoms with Crippen LogP contribution in [0.1, 0.15) is 10.4 Å². The molecule has 112 valence electrons. The maximum absolute atomic E-state index is 11.6. The van der Waals surface area contributed by atoms with Crippen LogP contribution >= 0.6 is 31.9 Å². The summed E-state index contributed by atoms with van der Waals surface area (Å²) in [5.74, 6) is 1.18. The van der Waals surface area contributed by atoms with Crippen LogP contribution in [-0.2, 0) is 9.53 Å². The summed E-state index contributed by atoms with van der Waals surface area (Å²) in [6, 6.07) is 3.55. The monoisotopic (exact) mass is 410 g/mol. The Bertz CT molecular complexity index is 453. The first-order valence-electron chi connectivity index (χ1n) is 5.66. The summed E-state index contributed by atoms with van der Waals surface area (Å²) in [6.07, 6.45) is 0. The lowest BCUT2D eigenvalue weighted by Gasteiger charge is -2.19. The number of methoxy groups -OCH3 is 4. The number of esters is 1. The van der Waals surface area contributed by atoms with E-state index < -0.39 is 4.83 Å². The molecule has 0 aliphatic heterocycles. The van der Waals surface area contributed by atoms with E-state index in [-0.39, 0.29) is 10.8 Å². The molecule has 5 nitrogen and oxygen atoms in total. The zero-order valence-electron chi connectivity index (χ0n) is 11.6. The van der Waals surface area contributed by atoms with Crippen LogP contribution in [0.2, 0.25) is 0 Å². The van der Waals surface area contributed by atoms with Crippen LogP contribution in [-0.4, -0.2) is 39.2 Å². The molecule has 2 atom stereocenters. The molecular weight excluding hydrogens is 396 g/mol. The Morgan fingerprint density at radius 3 is 1.85 bits per heavy atom. The summed E-state index contributed by atoms with van der Waals surface area (Å²) in [5.41, 5.74) is 0.798. The molecule has 1 aromatic carbocycles. The van der Waals surface area contributed by atoms with E-state index in [0.717, 1.165) is 5.56 Å². The summed E-state index contributed by atoms with van der Waals surface area (Å²) in [5, 5.41) is 0. The smallest absolute Gasteiger partial charge is 0.320 e. The summed E-state index contributed by atoms with van der Waals surface area (Å²) in [6.45, 7) is 0. The summed E-state index contributed by atoms with van der Waals surface area (Å²) >= 11 is 6.77. The second-order valence-corrected chi connectivity index (χ2v) is 5.76. The molecule has 7 heteroatoms. The average molecular weight is 412 g/mol. The minimum Gasteiger partial charge on any atom is -0.493 e. The first-order chi connectivity index (χ1) is 9.49. The van der Waals surface area contributed by atoms with Crippen molar-refractivity contribution in [2.24, 2.45) is 0 Å². The largest absolute Gasteiger partial charge is 0.493 e. The maximum Gasteiger partial charge on any atom is 0.320 e. The van der Waals surface area contributed by atoms with Gasteiger partial charge in [-0.05, 0) is 17.7 Å². The third-order valence-electron chi connectivity index (χ3n) is 2.69. The van der Waals surface area contributed by atoms with Crippen molar-refractivity contribution in [3.05, 3.63) is 17.7 Å². The van der Waals surface area contributed by atoms with Gasteiger partial charge < -0.3 is 18.9 Å². The third kappa shape index (κ3) is 3.58. The zero-order valence-corrected chi connectivity index (χ0v) is 14.8. The van der Waals surface area contributed by atoms with Crippen molar-refractivity contribution >= 4 is 37.8 Å². The number of alkyl halides is 2. The van der Waals surface area contributed by atoms with Gasteiger partial charge in [-0.2, -0.15) is 0 Å². The minimum atomic E-state index is -0.532. The highest BCUT2D eigenvalue weighted by Gasteiger charge is 2.28. The standard InChI is InChI=1S/C13H16Br2O5/c1-17-8-5-7(6-9(18-2)12(8)19-3)10(14)11(15)13(16)20-4/h5-6,10-11H,1-4H3/t10-,11+/m1/s1. The number of hydrogen-bond acceptors (Lipinski definition) is 5. The molecule has 1 aromatic rings. The van der Waals surface area contributed by atoms with Crippen LogP contribution in [0.15, 0.2) is 12.1 Å². The molecule has 0 unspecified atom stereocenters. The molecule has 0 aliphatic rings. The SMILES string of the molecule is COC(=O)[C@@H](Br)[C@H](Br)c1cc(OC)c(OC)c(OC)c1. The van der Waals surface area contributed by atoms with Crippen molar-refractivity contribution in [3.8, 4) is 17.2 Å². The van der Waals surface area contributed by atoms with Gasteiger partial charge in [0.15, 0.2) is 11.5 Å². The van der Waals surface area contributed by atoms with Crippen LogP contribution < -0.4 is 14.2 Å². The van der Waals surface area contributed by atoms with E-state index >= 15 is 0 Å². The van der Waals surface area contributed by atoms with Gasteiger partial charge in [-0.25, -0.2) is 0 Å². The normalized spacial score (nSPS) is 13.3. The van der Waals surface area contributed by atoms with E-state index in [4.69, 9.17) is 18.9 Å². The van der Waals surface area contributed by atoms with Crippen molar-refractivity contribution in [1.29, 1.82) is 0 Å². The van der Waals surface area contributed by atoms with E-state index in [0.29, 0.717) is 17.2 Å². The van der Waals surface area contributed by atoms with E-state index in [1.807, 2.05) is 0 Å². The van der Waals surface area contributed by atoms with Crippen molar-refractivity contribution in [1.82, 2.24) is 0 Å². The Morgan fingerprint density at radius 2 is 1.50 bits per heavy atom. The van der Waals surface area contributed by atoms with Gasteiger partial charge in [0.25, 0.3) is 0 Å². The molecule has 0 aliphatic carbocycles. The Morgan fingerprint density at radius 1 is 1.00 bits per heavy atom. The van der Waals surface area contributed by atoms with Crippen LogP contribution in [0.4, 0.5) is 0 Å². The molecule has 20 heavy (non-hydrogen) atoms. The molecule has 0 aromatic heterocycles. The zero-order chi connectivity index (χ0) is 15.3. The number of hydrogen-bond donors (Lipinski definition) is 0. The fraction of sp³-hybridized carbons (Fsp3) is 0.462. The van der Waals surface area contributed by atoms with Crippen molar-refractivity contribution in [2.75, 3.05) is 28.4 Å². The van der Waals surface area contributed by atoms with E-state index in [1.165, 1.54) is 28.4 Å². The molecule has 0 fully saturated rings. The van der Waals surface area contributed by atoms with E-state index in [9.17, 15) is 4.79 Å². The molecule has 0 heterocycles. The summed E-state index contributed by atoms with van der Waals surface area (Å²) in [7, 11) is 5.95. The van der Waals surface area contributed by atoms with Crippen molar-refractivity contribution in [2.45, 2.75) is 9.65 Å². The highest BCUT2D eigenvalue weighted by Crippen LogP contribution is 2.43. The summed E-state index contributed by atoms with van der Waals surface area (Å²) < 4.78 is 20.5. The summed E-state index contributed by atoms with van der Waals surface area (Å²) in [4.78, 5) is 10.7. The Hall–Kier alpha value is -0.950. The molecular formula is C13H16Br2O5. The quantitative estimate of drug-likeness (QED) is 0.531. The van der Waals surface area contributed by atoms with Gasteiger partial charge in [0.1, 0.15) is 4.83 Å². The van der Waals surface area contributed by atoms with Gasteiger partial charge >= 0.3 is 5.97 Å².